The first kappa shape index (κ1) is 15.8. The average molecular weight is 361 g/mol. The normalized spacial score (nSPS) is 18.2. The van der Waals surface area contributed by atoms with E-state index in [1.54, 1.807) is 4.31 Å². The fraction of sp³-hybridized carbons (Fsp3) is 0.571. The van der Waals surface area contributed by atoms with Crippen LogP contribution in [0.15, 0.2) is 16.6 Å². The highest BCUT2D eigenvalue weighted by molar-refractivity contribution is 9.10. The molecule has 0 unspecified atom stereocenters. The summed E-state index contributed by atoms with van der Waals surface area (Å²) in [5.41, 5.74) is 2.53. The van der Waals surface area contributed by atoms with Crippen molar-refractivity contribution in [1.29, 1.82) is 0 Å². The smallest absolute Gasteiger partial charge is 0.270 e. The third-order valence-electron chi connectivity index (χ3n) is 3.81. The highest BCUT2D eigenvalue weighted by Crippen LogP contribution is 2.27. The number of anilines is 1. The second kappa shape index (κ2) is 6.03. The van der Waals surface area contributed by atoms with E-state index in [0.717, 1.165) is 28.4 Å². The van der Waals surface area contributed by atoms with Gasteiger partial charge in [0.25, 0.3) is 0 Å². The van der Waals surface area contributed by atoms with Crippen molar-refractivity contribution in [3.8, 4) is 0 Å². The lowest BCUT2D eigenvalue weighted by Gasteiger charge is -2.30. The summed E-state index contributed by atoms with van der Waals surface area (Å²) < 4.78 is 30.2. The van der Waals surface area contributed by atoms with Crippen LogP contribution in [0.4, 0.5) is 5.69 Å². The van der Waals surface area contributed by atoms with E-state index in [1.165, 1.54) is 0 Å². The second-order valence-electron chi connectivity index (χ2n) is 5.60. The molecule has 1 N–H and O–H groups in total. The van der Waals surface area contributed by atoms with Crippen LogP contribution in [0.3, 0.4) is 0 Å². The molecule has 0 radical (unpaired) electrons. The first-order valence-electron chi connectivity index (χ1n) is 6.84. The quantitative estimate of drug-likeness (QED) is 0.897. The van der Waals surface area contributed by atoms with Crippen molar-refractivity contribution in [3.05, 3.63) is 27.7 Å². The Bertz CT molecular complexity index is 570. The molecule has 4 nitrogen and oxygen atoms in total. The van der Waals surface area contributed by atoms with E-state index in [2.05, 4.69) is 27.6 Å². The summed E-state index contributed by atoms with van der Waals surface area (Å²) >= 11 is 3.42. The maximum absolute atomic E-state index is 12.5. The summed E-state index contributed by atoms with van der Waals surface area (Å²) in [4.78, 5) is 0. The molecule has 0 spiro atoms. The molecule has 1 fully saturated rings. The van der Waals surface area contributed by atoms with Crippen LogP contribution in [0.25, 0.3) is 0 Å². The summed E-state index contributed by atoms with van der Waals surface area (Å²) in [6.07, 6.45) is 1.86. The Balaban J connectivity index is 2.21. The molecule has 6 heteroatoms. The number of benzene rings is 1. The van der Waals surface area contributed by atoms with Gasteiger partial charge in [0.05, 0.1) is 5.69 Å². The van der Waals surface area contributed by atoms with Crippen molar-refractivity contribution in [2.45, 2.75) is 33.6 Å². The van der Waals surface area contributed by atoms with Crippen LogP contribution in [-0.2, 0) is 10.2 Å². The fourth-order valence-corrected chi connectivity index (χ4v) is 4.58. The highest BCUT2D eigenvalue weighted by Gasteiger charge is 2.27. The van der Waals surface area contributed by atoms with Gasteiger partial charge in [-0.05, 0) is 55.9 Å². The molecule has 0 saturated carbocycles. The molecule has 1 aromatic carbocycles. The number of aryl methyl sites for hydroxylation is 2. The Morgan fingerprint density at radius 2 is 1.70 bits per heavy atom. The van der Waals surface area contributed by atoms with Crippen LogP contribution >= 0.6 is 15.9 Å². The molecule has 20 heavy (non-hydrogen) atoms. The Kier molecular flexibility index (Phi) is 4.76. The molecule has 112 valence electrons. The first-order chi connectivity index (χ1) is 9.29. The van der Waals surface area contributed by atoms with Crippen molar-refractivity contribution < 1.29 is 8.42 Å². The number of hydrogen-bond donors (Lipinski definition) is 1. The summed E-state index contributed by atoms with van der Waals surface area (Å²) in [5, 5.41) is 0. The van der Waals surface area contributed by atoms with Crippen LogP contribution < -0.4 is 4.72 Å². The van der Waals surface area contributed by atoms with Crippen LogP contribution in [0.2, 0.25) is 0 Å². The van der Waals surface area contributed by atoms with Crippen LogP contribution in [0.1, 0.15) is 30.9 Å². The number of halogens is 1. The minimum absolute atomic E-state index is 0.602. The zero-order valence-electron chi connectivity index (χ0n) is 12.1. The van der Waals surface area contributed by atoms with Crippen molar-refractivity contribution in [2.24, 2.45) is 5.92 Å². The molecule has 1 aliphatic heterocycles. The molecule has 0 amide bonds. The minimum atomic E-state index is -3.45. The first-order valence-corrected chi connectivity index (χ1v) is 9.07. The number of nitrogens with one attached hydrogen (secondary N) is 1. The van der Waals surface area contributed by atoms with Gasteiger partial charge in [-0.1, -0.05) is 22.9 Å². The van der Waals surface area contributed by atoms with Crippen LogP contribution in [-0.4, -0.2) is 25.8 Å². The third-order valence-corrected chi connectivity index (χ3v) is 5.78. The highest BCUT2D eigenvalue weighted by atomic mass is 79.9. The summed E-state index contributed by atoms with van der Waals surface area (Å²) in [5.74, 6) is 0.609. The summed E-state index contributed by atoms with van der Waals surface area (Å²) in [6, 6.07) is 3.84. The van der Waals surface area contributed by atoms with Gasteiger partial charge in [0, 0.05) is 17.6 Å². The number of piperidine rings is 1. The molecule has 1 aromatic rings. The van der Waals surface area contributed by atoms with Gasteiger partial charge in [-0.3, -0.25) is 4.72 Å². The number of rotatable bonds is 3. The molecule has 0 bridgehead atoms. The van der Waals surface area contributed by atoms with Gasteiger partial charge in [0.1, 0.15) is 0 Å². The van der Waals surface area contributed by atoms with E-state index in [4.69, 9.17) is 0 Å². The van der Waals surface area contributed by atoms with Gasteiger partial charge in [-0.15, -0.1) is 0 Å². The summed E-state index contributed by atoms with van der Waals surface area (Å²) in [7, 11) is -3.45. The van der Waals surface area contributed by atoms with Gasteiger partial charge >= 0.3 is 10.2 Å². The van der Waals surface area contributed by atoms with Crippen LogP contribution in [0, 0.1) is 19.8 Å². The Labute approximate surface area is 129 Å². The van der Waals surface area contributed by atoms with Gasteiger partial charge in [0.15, 0.2) is 0 Å². The summed E-state index contributed by atoms with van der Waals surface area (Å²) in [6.45, 7) is 7.19. The number of hydrogen-bond acceptors (Lipinski definition) is 2. The van der Waals surface area contributed by atoms with E-state index < -0.39 is 10.2 Å². The molecule has 2 rings (SSSR count). The third kappa shape index (κ3) is 3.54. The van der Waals surface area contributed by atoms with E-state index in [9.17, 15) is 8.42 Å². The van der Waals surface area contributed by atoms with Crippen molar-refractivity contribution in [1.82, 2.24) is 4.31 Å². The Morgan fingerprint density at radius 1 is 1.20 bits per heavy atom. The van der Waals surface area contributed by atoms with Crippen LogP contribution in [0.5, 0.6) is 0 Å². The van der Waals surface area contributed by atoms with Crippen molar-refractivity contribution in [3.63, 3.8) is 0 Å². The van der Waals surface area contributed by atoms with Gasteiger partial charge in [0.2, 0.25) is 0 Å². The lowest BCUT2D eigenvalue weighted by atomic mass is 10.0. The molecule has 1 aliphatic rings. The molecule has 1 saturated heterocycles. The zero-order chi connectivity index (χ0) is 14.9. The van der Waals surface area contributed by atoms with E-state index >= 15 is 0 Å². The van der Waals surface area contributed by atoms with Crippen molar-refractivity contribution in [2.75, 3.05) is 17.8 Å². The molecule has 0 aromatic heterocycles. The van der Waals surface area contributed by atoms with Crippen molar-refractivity contribution >= 4 is 31.8 Å². The lowest BCUT2D eigenvalue weighted by Crippen LogP contribution is -2.41. The largest absolute Gasteiger partial charge is 0.301 e. The molecule has 0 atom stereocenters. The van der Waals surface area contributed by atoms with Gasteiger partial charge in [-0.2, -0.15) is 12.7 Å². The maximum Gasteiger partial charge on any atom is 0.301 e. The van der Waals surface area contributed by atoms with Gasteiger partial charge in [-0.25, -0.2) is 0 Å². The average Bonchev–Trinajstić information content (AvgIpc) is 2.34. The zero-order valence-corrected chi connectivity index (χ0v) is 14.5. The topological polar surface area (TPSA) is 49.4 Å². The van der Waals surface area contributed by atoms with E-state index in [0.29, 0.717) is 24.7 Å². The van der Waals surface area contributed by atoms with Gasteiger partial charge < -0.3 is 0 Å². The SMILES string of the molecule is Cc1cc(Br)cc(C)c1NS(=O)(=O)N1CCC(C)CC1. The fourth-order valence-electron chi connectivity index (χ4n) is 2.49. The lowest BCUT2D eigenvalue weighted by molar-refractivity contribution is 0.289. The predicted octanol–water partition coefficient (Wildman–Crippen LogP) is 3.45. The number of nitrogens with zero attached hydrogens (tertiary/aromatic N) is 1. The molecular weight excluding hydrogens is 340 g/mol. The Morgan fingerprint density at radius 3 is 2.20 bits per heavy atom. The Hall–Kier alpha value is -0.590. The molecule has 1 heterocycles. The second-order valence-corrected chi connectivity index (χ2v) is 8.19. The predicted molar refractivity (Wildman–Crippen MR) is 86.1 cm³/mol. The minimum Gasteiger partial charge on any atom is -0.270 e. The van der Waals surface area contributed by atoms with E-state index in [1.807, 2.05) is 26.0 Å². The van der Waals surface area contributed by atoms with E-state index in [-0.39, 0.29) is 0 Å². The maximum atomic E-state index is 12.5. The molecular formula is C14H21BrN2O2S. The monoisotopic (exact) mass is 360 g/mol. The molecule has 0 aliphatic carbocycles. The standard InChI is InChI=1S/C14H21BrN2O2S/c1-10-4-6-17(7-5-10)20(18,19)16-14-11(2)8-13(15)9-12(14)3/h8-10,16H,4-7H2,1-3H3.